The highest BCUT2D eigenvalue weighted by molar-refractivity contribution is 6.37. The average molecular weight is 741 g/mol. The predicted octanol–water partition coefficient (Wildman–Crippen LogP) is 6.72. The minimum atomic E-state index is -0.761. The number of pyridine rings is 1. The van der Waals surface area contributed by atoms with Crippen LogP contribution < -0.4 is 19.5 Å². The number of methoxy groups -OCH3 is 1. The van der Waals surface area contributed by atoms with Crippen molar-refractivity contribution in [1.82, 2.24) is 15.2 Å². The number of carbonyl (C=O) groups excluding carboxylic acids is 1. The van der Waals surface area contributed by atoms with Crippen molar-refractivity contribution in [2.75, 3.05) is 46.6 Å². The molecule has 3 aromatic rings. The van der Waals surface area contributed by atoms with Crippen LogP contribution in [0.15, 0.2) is 48.7 Å². The number of rotatable bonds is 18. The average Bonchev–Trinajstić information content (AvgIpc) is 4.05. The SMILES string of the molecule is COCCCc1cc(CN(C(=O)[C@H]2CNCC[C@@H]2c2ccc(OCCOc3c(Cl)cc(C)cc3Cl)nc2)C2CC2)cc(OC[C@H]2C[C@@H]2C(=O)O)c1. The van der Waals surface area contributed by atoms with Gasteiger partial charge >= 0.3 is 5.97 Å². The molecule has 2 heterocycles. The number of carboxylic acids is 1. The second-order valence-electron chi connectivity index (χ2n) is 13.9. The van der Waals surface area contributed by atoms with Gasteiger partial charge in [-0.2, -0.15) is 0 Å². The molecule has 2 saturated carbocycles. The summed E-state index contributed by atoms with van der Waals surface area (Å²) < 4.78 is 23.0. The number of amides is 1. The molecule has 10 nitrogen and oxygen atoms in total. The molecular formula is C39H47Cl2N3O7. The lowest BCUT2D eigenvalue weighted by molar-refractivity contribution is -0.139. The van der Waals surface area contributed by atoms with Crippen molar-refractivity contribution in [3.63, 3.8) is 0 Å². The van der Waals surface area contributed by atoms with Gasteiger partial charge in [0, 0.05) is 51.0 Å². The van der Waals surface area contributed by atoms with Crippen LogP contribution in [0.25, 0.3) is 0 Å². The largest absolute Gasteiger partial charge is 0.493 e. The molecule has 0 unspecified atom stereocenters. The smallest absolute Gasteiger partial charge is 0.306 e. The van der Waals surface area contributed by atoms with Gasteiger partial charge in [0.2, 0.25) is 11.8 Å². The number of benzene rings is 2. The van der Waals surface area contributed by atoms with E-state index in [2.05, 4.69) is 21.3 Å². The van der Waals surface area contributed by atoms with E-state index in [1.54, 1.807) is 19.2 Å². The molecule has 1 amide bonds. The third-order valence-corrected chi connectivity index (χ3v) is 10.4. The van der Waals surface area contributed by atoms with Crippen LogP contribution >= 0.6 is 23.2 Å². The molecule has 51 heavy (non-hydrogen) atoms. The number of ether oxygens (including phenoxy) is 4. The molecule has 0 radical (unpaired) electrons. The molecule has 1 aliphatic heterocycles. The van der Waals surface area contributed by atoms with E-state index in [0.717, 1.165) is 66.7 Å². The van der Waals surface area contributed by atoms with Crippen molar-refractivity contribution in [1.29, 1.82) is 0 Å². The summed E-state index contributed by atoms with van der Waals surface area (Å²) in [6.45, 7) is 5.39. The molecule has 6 rings (SSSR count). The highest BCUT2D eigenvalue weighted by atomic mass is 35.5. The van der Waals surface area contributed by atoms with E-state index in [1.807, 2.05) is 37.4 Å². The van der Waals surface area contributed by atoms with Crippen LogP contribution in [0.4, 0.5) is 0 Å². The first-order valence-corrected chi connectivity index (χ1v) is 18.6. The molecule has 3 aliphatic rings. The number of halogens is 2. The zero-order chi connectivity index (χ0) is 35.9. The lowest BCUT2D eigenvalue weighted by Crippen LogP contribution is -2.47. The molecule has 0 spiro atoms. The first-order chi connectivity index (χ1) is 24.7. The third kappa shape index (κ3) is 10.1. The Labute approximate surface area is 309 Å². The Balaban J connectivity index is 1.09. The summed E-state index contributed by atoms with van der Waals surface area (Å²) in [5.74, 6) is 0.532. The van der Waals surface area contributed by atoms with Gasteiger partial charge in [-0.25, -0.2) is 4.98 Å². The fourth-order valence-electron chi connectivity index (χ4n) is 6.92. The Kier molecular flexibility index (Phi) is 12.6. The molecule has 2 N–H and O–H groups in total. The lowest BCUT2D eigenvalue weighted by Gasteiger charge is -2.35. The number of aromatic nitrogens is 1. The van der Waals surface area contributed by atoms with Gasteiger partial charge in [-0.3, -0.25) is 9.59 Å². The standard InChI is InChI=1S/C39H47Cl2N3O7/c1-24-14-34(40)37(35(41)15-24)50-13-12-49-36-8-5-27(20-43-36)31-9-10-42-21-33(31)38(45)44(29-6-7-29)22-26-16-25(4-3-11-48-2)17-30(18-26)51-23-28-19-32(28)39(46)47/h5,8,14-18,20,28-29,31-33,42H,3-4,6-7,9-13,19,21-23H2,1-2H3,(H,46,47)/t28-,31-,32+,33+/m1/s1. The number of hydrogen-bond donors (Lipinski definition) is 2. The summed E-state index contributed by atoms with van der Waals surface area (Å²) in [4.78, 5) is 32.4. The monoisotopic (exact) mass is 739 g/mol. The van der Waals surface area contributed by atoms with E-state index < -0.39 is 5.97 Å². The van der Waals surface area contributed by atoms with Crippen molar-refractivity contribution in [3.8, 4) is 17.4 Å². The molecule has 1 saturated heterocycles. The van der Waals surface area contributed by atoms with Gasteiger partial charge in [0.1, 0.15) is 19.0 Å². The molecule has 2 aliphatic carbocycles. The highest BCUT2D eigenvalue weighted by Crippen LogP contribution is 2.40. The molecule has 274 valence electrons. The van der Waals surface area contributed by atoms with Crippen molar-refractivity contribution < 1.29 is 33.6 Å². The number of nitrogens with zero attached hydrogens (tertiary/aromatic N) is 2. The maximum atomic E-state index is 14.4. The molecule has 4 atom stereocenters. The van der Waals surface area contributed by atoms with E-state index in [-0.39, 0.29) is 48.8 Å². The normalized spacial score (nSPS) is 21.2. The van der Waals surface area contributed by atoms with Crippen LogP contribution in [0.1, 0.15) is 60.3 Å². The summed E-state index contributed by atoms with van der Waals surface area (Å²) in [6, 6.07) is 13.9. The number of piperidine rings is 1. The van der Waals surface area contributed by atoms with E-state index in [9.17, 15) is 14.7 Å². The van der Waals surface area contributed by atoms with Crippen LogP contribution in [0.2, 0.25) is 10.0 Å². The van der Waals surface area contributed by atoms with Gasteiger partial charge in [-0.15, -0.1) is 0 Å². The first kappa shape index (κ1) is 37.2. The van der Waals surface area contributed by atoms with Crippen molar-refractivity contribution in [3.05, 3.63) is 81.0 Å². The summed E-state index contributed by atoms with van der Waals surface area (Å²) in [5.41, 5.74) is 4.11. The Morgan fingerprint density at radius 3 is 2.41 bits per heavy atom. The fraction of sp³-hybridized carbons (Fsp3) is 0.513. The molecule has 3 fully saturated rings. The van der Waals surface area contributed by atoms with Crippen LogP contribution in [0.3, 0.4) is 0 Å². The number of aliphatic carboxylic acids is 1. The van der Waals surface area contributed by atoms with Gasteiger partial charge < -0.3 is 34.3 Å². The van der Waals surface area contributed by atoms with Crippen molar-refractivity contribution in [2.24, 2.45) is 17.8 Å². The highest BCUT2D eigenvalue weighted by Gasteiger charge is 2.44. The van der Waals surface area contributed by atoms with Crippen LogP contribution in [0, 0.1) is 24.7 Å². The number of carboxylic acid groups (broad SMARTS) is 1. The summed E-state index contributed by atoms with van der Waals surface area (Å²) in [7, 11) is 1.70. The van der Waals surface area contributed by atoms with E-state index >= 15 is 0 Å². The summed E-state index contributed by atoms with van der Waals surface area (Å²) in [5, 5.41) is 13.7. The Morgan fingerprint density at radius 1 is 0.961 bits per heavy atom. The lowest BCUT2D eigenvalue weighted by atomic mass is 9.81. The Bertz CT molecular complexity index is 1650. The Morgan fingerprint density at radius 2 is 1.73 bits per heavy atom. The van der Waals surface area contributed by atoms with Crippen LogP contribution in [-0.4, -0.2) is 79.5 Å². The van der Waals surface area contributed by atoms with Crippen molar-refractivity contribution >= 4 is 35.1 Å². The third-order valence-electron chi connectivity index (χ3n) is 9.88. The Hall–Kier alpha value is -3.57. The van der Waals surface area contributed by atoms with Crippen molar-refractivity contribution in [2.45, 2.75) is 64.0 Å². The fourth-order valence-corrected chi connectivity index (χ4v) is 7.62. The number of carbonyl (C=O) groups is 2. The predicted molar refractivity (Wildman–Crippen MR) is 195 cm³/mol. The van der Waals surface area contributed by atoms with Gasteiger partial charge in [-0.1, -0.05) is 35.3 Å². The molecule has 1 aromatic heterocycles. The summed E-state index contributed by atoms with van der Waals surface area (Å²) in [6.07, 6.45) is 6.97. The van der Waals surface area contributed by atoms with Crippen LogP contribution in [-0.2, 0) is 27.3 Å². The summed E-state index contributed by atoms with van der Waals surface area (Å²) >= 11 is 12.6. The van der Waals surface area contributed by atoms with Crippen LogP contribution in [0.5, 0.6) is 17.4 Å². The van der Waals surface area contributed by atoms with Gasteiger partial charge in [-0.05, 0) is 104 Å². The molecular weight excluding hydrogens is 693 g/mol. The maximum Gasteiger partial charge on any atom is 0.306 e. The second-order valence-corrected chi connectivity index (χ2v) is 14.7. The van der Waals surface area contributed by atoms with E-state index in [1.165, 1.54) is 0 Å². The zero-order valence-electron chi connectivity index (χ0n) is 29.2. The van der Waals surface area contributed by atoms with Gasteiger partial charge in [0.15, 0.2) is 5.75 Å². The molecule has 12 heteroatoms. The molecule has 0 bridgehead atoms. The second kappa shape index (κ2) is 17.3. The maximum absolute atomic E-state index is 14.4. The van der Waals surface area contributed by atoms with Gasteiger partial charge in [0.05, 0.1) is 28.5 Å². The number of hydrogen-bond acceptors (Lipinski definition) is 8. The van der Waals surface area contributed by atoms with E-state index in [4.69, 9.17) is 42.1 Å². The van der Waals surface area contributed by atoms with E-state index in [0.29, 0.717) is 54.4 Å². The topological polar surface area (TPSA) is 119 Å². The first-order valence-electron chi connectivity index (χ1n) is 17.9. The minimum Gasteiger partial charge on any atom is -0.493 e. The quantitative estimate of drug-likeness (QED) is 0.137. The number of nitrogens with one attached hydrogen (secondary N) is 1. The molecule has 2 aromatic carbocycles. The van der Waals surface area contributed by atoms with Gasteiger partial charge in [0.25, 0.3) is 0 Å². The number of aryl methyl sites for hydroxylation is 2. The zero-order valence-corrected chi connectivity index (χ0v) is 30.8. The minimum absolute atomic E-state index is 0.0238.